The first-order valence-electron chi connectivity index (χ1n) is 5.14. The van der Waals surface area contributed by atoms with E-state index in [-0.39, 0.29) is 17.2 Å². The van der Waals surface area contributed by atoms with Gasteiger partial charge >= 0.3 is 0 Å². The van der Waals surface area contributed by atoms with Gasteiger partial charge in [0.05, 0.1) is 0 Å². The summed E-state index contributed by atoms with van der Waals surface area (Å²) in [6.45, 7) is 0. The summed E-state index contributed by atoms with van der Waals surface area (Å²) in [5, 5.41) is 28.0. The molecule has 0 aliphatic heterocycles. The van der Waals surface area contributed by atoms with Crippen LogP contribution in [0.25, 0.3) is 12.2 Å². The minimum Gasteiger partial charge on any atom is -0.508 e. The van der Waals surface area contributed by atoms with Crippen molar-refractivity contribution in [2.75, 3.05) is 0 Å². The highest BCUT2D eigenvalue weighted by atomic mass is 16.3. The molecule has 0 fully saturated rings. The molecule has 0 aliphatic rings. The molecule has 2 rings (SSSR count). The smallest absolute Gasteiger partial charge is 0.126 e. The molecule has 17 heavy (non-hydrogen) atoms. The Morgan fingerprint density at radius 1 is 0.765 bits per heavy atom. The molecule has 0 atom stereocenters. The van der Waals surface area contributed by atoms with Gasteiger partial charge in [-0.25, -0.2) is 0 Å². The molecule has 0 aromatic heterocycles. The van der Waals surface area contributed by atoms with E-state index in [9.17, 15) is 10.2 Å². The molecule has 0 saturated heterocycles. The minimum atomic E-state index is 0.0152. The molecule has 3 heteroatoms. The van der Waals surface area contributed by atoms with Gasteiger partial charge in [0.15, 0.2) is 0 Å². The Kier molecular flexibility index (Phi) is 3.01. The normalized spacial score (nSPS) is 10.8. The average Bonchev–Trinajstić information content (AvgIpc) is 2.28. The summed E-state index contributed by atoms with van der Waals surface area (Å²) in [5.74, 6) is 0.237. The zero-order valence-corrected chi connectivity index (χ0v) is 9.04. The molecule has 0 amide bonds. The quantitative estimate of drug-likeness (QED) is 0.692. The molecule has 2 aromatic carbocycles. The highest BCUT2D eigenvalue weighted by Crippen LogP contribution is 2.24. The lowest BCUT2D eigenvalue weighted by Gasteiger charge is -2.00. The monoisotopic (exact) mass is 228 g/mol. The van der Waals surface area contributed by atoms with E-state index in [1.165, 1.54) is 12.1 Å². The van der Waals surface area contributed by atoms with Crippen molar-refractivity contribution in [1.29, 1.82) is 0 Å². The summed E-state index contributed by atoms with van der Waals surface area (Å²) in [6.07, 6.45) is 3.48. The number of hydrogen-bond acceptors (Lipinski definition) is 3. The molecule has 3 N–H and O–H groups in total. The van der Waals surface area contributed by atoms with Crippen molar-refractivity contribution in [3.8, 4) is 17.2 Å². The molecule has 0 aliphatic carbocycles. The zero-order chi connectivity index (χ0) is 12.3. The Morgan fingerprint density at radius 2 is 1.53 bits per heavy atom. The predicted octanol–water partition coefficient (Wildman–Crippen LogP) is 2.97. The third-order valence-corrected chi connectivity index (χ3v) is 2.34. The number of rotatable bonds is 2. The van der Waals surface area contributed by atoms with Crippen LogP contribution in [0.5, 0.6) is 17.2 Å². The van der Waals surface area contributed by atoms with E-state index in [0.717, 1.165) is 5.56 Å². The SMILES string of the molecule is Oc1cccc(C=Cc2ccc(O)cc2O)c1. The van der Waals surface area contributed by atoms with Crippen LogP contribution in [0.15, 0.2) is 42.5 Å². The largest absolute Gasteiger partial charge is 0.508 e. The summed E-state index contributed by atoms with van der Waals surface area (Å²) in [6, 6.07) is 11.2. The molecule has 0 saturated carbocycles. The molecule has 0 bridgehead atoms. The lowest BCUT2D eigenvalue weighted by molar-refractivity contribution is 0.450. The summed E-state index contributed by atoms with van der Waals surface area (Å²) in [7, 11) is 0. The van der Waals surface area contributed by atoms with Crippen LogP contribution >= 0.6 is 0 Å². The summed E-state index contributed by atoms with van der Waals surface area (Å²) < 4.78 is 0. The maximum Gasteiger partial charge on any atom is 0.126 e. The number of hydrogen-bond donors (Lipinski definition) is 3. The highest BCUT2D eigenvalue weighted by molar-refractivity contribution is 5.73. The third-order valence-electron chi connectivity index (χ3n) is 2.34. The van der Waals surface area contributed by atoms with Crippen LogP contribution in [0.4, 0.5) is 0 Å². The van der Waals surface area contributed by atoms with Crippen molar-refractivity contribution in [3.05, 3.63) is 53.6 Å². The van der Waals surface area contributed by atoms with Crippen molar-refractivity contribution in [2.24, 2.45) is 0 Å². The van der Waals surface area contributed by atoms with E-state index in [1.807, 2.05) is 6.07 Å². The number of phenolic OH excluding ortho intramolecular Hbond substituents is 3. The third kappa shape index (κ3) is 2.78. The van der Waals surface area contributed by atoms with E-state index in [0.29, 0.717) is 5.56 Å². The van der Waals surface area contributed by atoms with Crippen LogP contribution in [-0.2, 0) is 0 Å². The van der Waals surface area contributed by atoms with Crippen LogP contribution < -0.4 is 0 Å². The Bertz CT molecular complexity index is 559. The standard InChI is InChI=1S/C14H12O3/c15-12-3-1-2-10(8-12)4-5-11-6-7-13(16)9-14(11)17/h1-9,15-17H. The molecule has 0 unspecified atom stereocenters. The Labute approximate surface area is 98.9 Å². The maximum absolute atomic E-state index is 9.56. The van der Waals surface area contributed by atoms with Gasteiger partial charge in [0.1, 0.15) is 17.2 Å². The molecule has 0 radical (unpaired) electrons. The molecule has 0 spiro atoms. The van der Waals surface area contributed by atoms with E-state index in [4.69, 9.17) is 5.11 Å². The van der Waals surface area contributed by atoms with Gasteiger partial charge in [-0.05, 0) is 29.8 Å². The summed E-state index contributed by atoms with van der Waals surface area (Å²) >= 11 is 0. The minimum absolute atomic E-state index is 0.0152. The van der Waals surface area contributed by atoms with Gasteiger partial charge in [0.25, 0.3) is 0 Å². The van der Waals surface area contributed by atoms with Gasteiger partial charge in [0, 0.05) is 11.6 Å². The van der Waals surface area contributed by atoms with E-state index in [2.05, 4.69) is 0 Å². The topological polar surface area (TPSA) is 60.7 Å². The van der Waals surface area contributed by atoms with Gasteiger partial charge in [-0.1, -0.05) is 24.3 Å². The van der Waals surface area contributed by atoms with Crippen molar-refractivity contribution >= 4 is 12.2 Å². The lowest BCUT2D eigenvalue weighted by Crippen LogP contribution is -1.75. The first-order chi connectivity index (χ1) is 8.15. The van der Waals surface area contributed by atoms with E-state index >= 15 is 0 Å². The van der Waals surface area contributed by atoms with Crippen LogP contribution in [0.3, 0.4) is 0 Å². The predicted molar refractivity (Wildman–Crippen MR) is 66.8 cm³/mol. The molecular weight excluding hydrogens is 216 g/mol. The van der Waals surface area contributed by atoms with Crippen LogP contribution in [0.2, 0.25) is 0 Å². The van der Waals surface area contributed by atoms with Crippen LogP contribution in [-0.4, -0.2) is 15.3 Å². The van der Waals surface area contributed by atoms with Crippen LogP contribution in [0.1, 0.15) is 11.1 Å². The molecule has 0 heterocycles. The molecular formula is C14H12O3. The average molecular weight is 228 g/mol. The Balaban J connectivity index is 2.26. The summed E-state index contributed by atoms with van der Waals surface area (Å²) in [4.78, 5) is 0. The van der Waals surface area contributed by atoms with Crippen molar-refractivity contribution in [1.82, 2.24) is 0 Å². The fourth-order valence-corrected chi connectivity index (χ4v) is 1.49. The first kappa shape index (κ1) is 11.1. The molecule has 3 nitrogen and oxygen atoms in total. The highest BCUT2D eigenvalue weighted by Gasteiger charge is 1.98. The van der Waals surface area contributed by atoms with Gasteiger partial charge < -0.3 is 15.3 Å². The van der Waals surface area contributed by atoms with E-state index < -0.39 is 0 Å². The second-order valence-electron chi connectivity index (χ2n) is 3.67. The van der Waals surface area contributed by atoms with Crippen molar-refractivity contribution in [3.63, 3.8) is 0 Å². The van der Waals surface area contributed by atoms with Gasteiger partial charge in [-0.3, -0.25) is 0 Å². The molecule has 86 valence electrons. The Hall–Kier alpha value is -2.42. The van der Waals surface area contributed by atoms with Crippen molar-refractivity contribution in [2.45, 2.75) is 0 Å². The summed E-state index contributed by atoms with van der Waals surface area (Å²) in [5.41, 5.74) is 1.43. The van der Waals surface area contributed by atoms with Gasteiger partial charge in [-0.2, -0.15) is 0 Å². The number of benzene rings is 2. The lowest BCUT2D eigenvalue weighted by atomic mass is 10.1. The fraction of sp³-hybridized carbons (Fsp3) is 0. The van der Waals surface area contributed by atoms with E-state index in [1.54, 1.807) is 36.4 Å². The van der Waals surface area contributed by atoms with Gasteiger partial charge in [-0.15, -0.1) is 0 Å². The molecule has 2 aromatic rings. The van der Waals surface area contributed by atoms with Crippen molar-refractivity contribution < 1.29 is 15.3 Å². The van der Waals surface area contributed by atoms with Crippen LogP contribution in [0, 0.1) is 0 Å². The Morgan fingerprint density at radius 3 is 2.24 bits per heavy atom. The first-order valence-corrected chi connectivity index (χ1v) is 5.14. The second-order valence-corrected chi connectivity index (χ2v) is 3.67. The number of phenols is 3. The number of aromatic hydroxyl groups is 3. The zero-order valence-electron chi connectivity index (χ0n) is 9.04. The second kappa shape index (κ2) is 4.61. The van der Waals surface area contributed by atoms with Gasteiger partial charge in [0.2, 0.25) is 0 Å². The maximum atomic E-state index is 9.56. The fourth-order valence-electron chi connectivity index (χ4n) is 1.49.